The zero-order valence-corrected chi connectivity index (χ0v) is 11.3. The van der Waals surface area contributed by atoms with Crippen molar-refractivity contribution in [3.05, 3.63) is 10.8 Å². The SMILES string of the molecule is CCCCOc1cc(OCCCC)[nH]c(=S)n1. The van der Waals surface area contributed by atoms with Gasteiger partial charge in [0, 0.05) is 0 Å². The van der Waals surface area contributed by atoms with E-state index in [-0.39, 0.29) is 0 Å². The van der Waals surface area contributed by atoms with Gasteiger partial charge in [-0.2, -0.15) is 4.98 Å². The second-order valence-corrected chi connectivity index (χ2v) is 4.18. The Balaban J connectivity index is 2.56. The number of rotatable bonds is 8. The maximum absolute atomic E-state index is 5.53. The van der Waals surface area contributed by atoms with Gasteiger partial charge >= 0.3 is 0 Å². The van der Waals surface area contributed by atoms with Gasteiger partial charge in [-0.1, -0.05) is 26.7 Å². The molecule has 5 heteroatoms. The zero-order valence-electron chi connectivity index (χ0n) is 10.5. The number of unbranched alkanes of at least 4 members (excludes halogenated alkanes) is 2. The number of aromatic nitrogens is 2. The molecule has 0 saturated heterocycles. The molecule has 0 atom stereocenters. The zero-order chi connectivity index (χ0) is 12.5. The summed E-state index contributed by atoms with van der Waals surface area (Å²) in [4.78, 5) is 6.99. The molecule has 0 radical (unpaired) electrons. The molecule has 0 bridgehead atoms. The van der Waals surface area contributed by atoms with Crippen molar-refractivity contribution in [1.29, 1.82) is 0 Å². The highest BCUT2D eigenvalue weighted by molar-refractivity contribution is 7.71. The van der Waals surface area contributed by atoms with Gasteiger partial charge in [0.15, 0.2) is 5.88 Å². The maximum Gasteiger partial charge on any atom is 0.221 e. The number of ether oxygens (including phenoxy) is 2. The lowest BCUT2D eigenvalue weighted by Crippen LogP contribution is -2.03. The van der Waals surface area contributed by atoms with E-state index in [0.29, 0.717) is 29.7 Å². The van der Waals surface area contributed by atoms with Crippen LogP contribution in [0.3, 0.4) is 0 Å². The fourth-order valence-electron chi connectivity index (χ4n) is 1.21. The molecule has 0 amide bonds. The largest absolute Gasteiger partial charge is 0.479 e. The second-order valence-electron chi connectivity index (χ2n) is 3.79. The molecule has 1 aromatic rings. The summed E-state index contributed by atoms with van der Waals surface area (Å²) in [7, 11) is 0. The van der Waals surface area contributed by atoms with Crippen molar-refractivity contribution in [3.8, 4) is 11.8 Å². The van der Waals surface area contributed by atoms with Crippen LogP contribution < -0.4 is 9.47 Å². The molecule has 1 heterocycles. The predicted molar refractivity (Wildman–Crippen MR) is 70.2 cm³/mol. The Morgan fingerprint density at radius 2 is 1.82 bits per heavy atom. The highest BCUT2D eigenvalue weighted by atomic mass is 32.1. The summed E-state index contributed by atoms with van der Waals surface area (Å²) in [5.74, 6) is 1.17. The van der Waals surface area contributed by atoms with Crippen LogP contribution in [0.1, 0.15) is 39.5 Å². The molecule has 0 unspecified atom stereocenters. The van der Waals surface area contributed by atoms with E-state index in [1.807, 2.05) is 0 Å². The van der Waals surface area contributed by atoms with Crippen molar-refractivity contribution in [2.75, 3.05) is 13.2 Å². The second kappa shape index (κ2) is 8.06. The molecule has 0 fully saturated rings. The summed E-state index contributed by atoms with van der Waals surface area (Å²) in [6, 6.07) is 1.75. The van der Waals surface area contributed by atoms with Crippen LogP contribution in [0, 0.1) is 4.77 Å². The molecule has 17 heavy (non-hydrogen) atoms. The number of aromatic amines is 1. The maximum atomic E-state index is 5.53. The molecule has 96 valence electrons. The minimum Gasteiger partial charge on any atom is -0.479 e. The van der Waals surface area contributed by atoms with Gasteiger partial charge in [-0.25, -0.2) is 0 Å². The molecule has 0 spiro atoms. The van der Waals surface area contributed by atoms with Gasteiger partial charge in [-0.3, -0.25) is 0 Å². The van der Waals surface area contributed by atoms with Crippen molar-refractivity contribution in [2.24, 2.45) is 0 Å². The van der Waals surface area contributed by atoms with Gasteiger partial charge in [0.1, 0.15) is 0 Å². The number of H-pyrrole nitrogens is 1. The third kappa shape index (κ3) is 5.68. The van der Waals surface area contributed by atoms with Crippen LogP contribution in [0.15, 0.2) is 6.07 Å². The molecule has 0 saturated carbocycles. The molecule has 0 aromatic carbocycles. The molecule has 0 aliphatic carbocycles. The van der Waals surface area contributed by atoms with Gasteiger partial charge in [-0.05, 0) is 25.1 Å². The highest BCUT2D eigenvalue weighted by Crippen LogP contribution is 2.14. The molecule has 1 N–H and O–H groups in total. The van der Waals surface area contributed by atoms with E-state index in [9.17, 15) is 0 Å². The van der Waals surface area contributed by atoms with Crippen LogP contribution in [0.25, 0.3) is 0 Å². The Kier molecular flexibility index (Phi) is 6.62. The van der Waals surface area contributed by atoms with Crippen molar-refractivity contribution in [1.82, 2.24) is 9.97 Å². The summed E-state index contributed by atoms with van der Waals surface area (Å²) in [5.41, 5.74) is 0. The number of hydrogen-bond acceptors (Lipinski definition) is 4. The lowest BCUT2D eigenvalue weighted by atomic mass is 10.4. The number of nitrogens with zero attached hydrogens (tertiary/aromatic N) is 1. The standard InChI is InChI=1S/C12H20N2O2S/c1-3-5-7-15-10-9-11(14-12(17)13-10)16-8-6-4-2/h9H,3-8H2,1-2H3,(H,13,14,17). The predicted octanol–water partition coefficient (Wildman–Crippen LogP) is 3.50. The molecule has 1 aromatic heterocycles. The smallest absolute Gasteiger partial charge is 0.221 e. The van der Waals surface area contributed by atoms with Crippen LogP contribution in [-0.4, -0.2) is 23.2 Å². The summed E-state index contributed by atoms with van der Waals surface area (Å²) in [6.07, 6.45) is 4.24. The summed E-state index contributed by atoms with van der Waals surface area (Å²) in [6.45, 7) is 5.58. The van der Waals surface area contributed by atoms with Crippen molar-refractivity contribution >= 4 is 12.2 Å². The first-order chi connectivity index (χ1) is 8.26. The topological polar surface area (TPSA) is 47.1 Å². The first kappa shape index (κ1) is 14.0. The Labute approximate surface area is 107 Å². The average molecular weight is 256 g/mol. The van der Waals surface area contributed by atoms with E-state index in [0.717, 1.165) is 25.7 Å². The third-order valence-corrected chi connectivity index (χ3v) is 2.39. The summed E-state index contributed by atoms with van der Waals surface area (Å²) in [5, 5.41) is 0. The van der Waals surface area contributed by atoms with Crippen molar-refractivity contribution < 1.29 is 9.47 Å². The van der Waals surface area contributed by atoms with Gasteiger partial charge in [0.05, 0.1) is 19.3 Å². The van der Waals surface area contributed by atoms with E-state index in [2.05, 4.69) is 23.8 Å². The number of hydrogen-bond donors (Lipinski definition) is 1. The van der Waals surface area contributed by atoms with Crippen LogP contribution >= 0.6 is 12.2 Å². The Hall–Kier alpha value is -1.10. The van der Waals surface area contributed by atoms with Gasteiger partial charge in [0.25, 0.3) is 0 Å². The Morgan fingerprint density at radius 3 is 2.47 bits per heavy atom. The van der Waals surface area contributed by atoms with Gasteiger partial charge < -0.3 is 14.5 Å². The quantitative estimate of drug-likeness (QED) is 0.571. The Bertz CT molecular complexity index is 348. The van der Waals surface area contributed by atoms with Crippen LogP contribution in [0.5, 0.6) is 11.8 Å². The first-order valence-corrected chi connectivity index (χ1v) is 6.54. The molecule has 0 aliphatic rings. The monoisotopic (exact) mass is 256 g/mol. The fourth-order valence-corrected chi connectivity index (χ4v) is 1.40. The summed E-state index contributed by atoms with van der Waals surface area (Å²) >= 11 is 5.02. The molecular formula is C12H20N2O2S. The lowest BCUT2D eigenvalue weighted by Gasteiger charge is -2.08. The lowest BCUT2D eigenvalue weighted by molar-refractivity contribution is 0.278. The van der Waals surface area contributed by atoms with E-state index < -0.39 is 0 Å². The fraction of sp³-hybridized carbons (Fsp3) is 0.667. The van der Waals surface area contributed by atoms with Crippen LogP contribution in [0.4, 0.5) is 0 Å². The molecule has 0 aliphatic heterocycles. The van der Waals surface area contributed by atoms with Gasteiger partial charge in [-0.15, -0.1) is 0 Å². The van der Waals surface area contributed by atoms with Crippen molar-refractivity contribution in [3.63, 3.8) is 0 Å². The molecule has 1 rings (SSSR count). The van der Waals surface area contributed by atoms with Crippen LogP contribution in [0.2, 0.25) is 0 Å². The average Bonchev–Trinajstić information content (AvgIpc) is 2.29. The molecular weight excluding hydrogens is 236 g/mol. The van der Waals surface area contributed by atoms with Gasteiger partial charge in [0.2, 0.25) is 10.7 Å². The number of nitrogens with one attached hydrogen (secondary N) is 1. The van der Waals surface area contributed by atoms with E-state index in [1.54, 1.807) is 6.07 Å². The normalized spacial score (nSPS) is 10.2. The minimum atomic E-state index is 0.394. The van der Waals surface area contributed by atoms with E-state index in [4.69, 9.17) is 21.7 Å². The highest BCUT2D eigenvalue weighted by Gasteiger charge is 2.01. The van der Waals surface area contributed by atoms with E-state index >= 15 is 0 Å². The van der Waals surface area contributed by atoms with E-state index in [1.165, 1.54) is 0 Å². The molecule has 4 nitrogen and oxygen atoms in total. The minimum absolute atomic E-state index is 0.394. The van der Waals surface area contributed by atoms with Crippen molar-refractivity contribution in [2.45, 2.75) is 39.5 Å². The van der Waals surface area contributed by atoms with Crippen LogP contribution in [-0.2, 0) is 0 Å². The first-order valence-electron chi connectivity index (χ1n) is 6.13. The third-order valence-electron chi connectivity index (χ3n) is 2.20. The Morgan fingerprint density at radius 1 is 1.18 bits per heavy atom. The summed E-state index contributed by atoms with van der Waals surface area (Å²) < 4.78 is 11.4.